The van der Waals surface area contributed by atoms with Crippen molar-refractivity contribution in [1.29, 1.82) is 0 Å². The molecule has 0 aliphatic carbocycles. The number of carboxylic acids is 3. The van der Waals surface area contributed by atoms with Crippen LogP contribution in [0, 0.1) is 5.92 Å². The van der Waals surface area contributed by atoms with Crippen molar-refractivity contribution >= 4 is 17.9 Å². The van der Waals surface area contributed by atoms with Crippen molar-refractivity contribution in [3.63, 3.8) is 0 Å². The van der Waals surface area contributed by atoms with Crippen molar-refractivity contribution in [3.05, 3.63) is 0 Å². The van der Waals surface area contributed by atoms with Crippen LogP contribution >= 0.6 is 0 Å². The van der Waals surface area contributed by atoms with Gasteiger partial charge in [-0.25, -0.2) is 0 Å². The Morgan fingerprint density at radius 3 is 1.48 bits per heavy atom. The summed E-state index contributed by atoms with van der Waals surface area (Å²) in [5, 5.41) is 31.2. The van der Waals surface area contributed by atoms with Gasteiger partial charge in [-0.3, -0.25) is 19.7 Å². The molecule has 0 spiro atoms. The average Bonchev–Trinajstić information content (AvgIpc) is 2.66. The Balaban J connectivity index is 4.72. The van der Waals surface area contributed by atoms with E-state index in [1.807, 2.05) is 0 Å². The Hall–Kier alpha value is -1.63. The number of aliphatic carboxylic acids is 3. The van der Waals surface area contributed by atoms with Crippen LogP contribution in [0.3, 0.4) is 0 Å². The molecule has 0 bridgehead atoms. The summed E-state index contributed by atoms with van der Waals surface area (Å²) in [5.41, 5.74) is 0. The van der Waals surface area contributed by atoms with Gasteiger partial charge in [-0.15, -0.1) is 0 Å². The van der Waals surface area contributed by atoms with Gasteiger partial charge >= 0.3 is 17.9 Å². The minimum absolute atomic E-state index is 0.231. The highest BCUT2D eigenvalue weighted by atomic mass is 16.4. The van der Waals surface area contributed by atoms with Gasteiger partial charge in [0.2, 0.25) is 0 Å². The molecule has 3 atom stereocenters. The van der Waals surface area contributed by atoms with Gasteiger partial charge < -0.3 is 15.3 Å². The number of unbranched alkanes of at least 4 members (excludes halogenated alkanes) is 10. The second-order valence-corrected chi connectivity index (χ2v) is 7.93. The van der Waals surface area contributed by atoms with Crippen LogP contribution in [0.15, 0.2) is 0 Å². The maximum absolute atomic E-state index is 11.7. The molecular weight excluding hydrogens is 374 g/mol. The molecule has 0 aromatic rings. The van der Waals surface area contributed by atoms with Crippen LogP contribution in [0.25, 0.3) is 0 Å². The van der Waals surface area contributed by atoms with Gasteiger partial charge in [0.25, 0.3) is 0 Å². The van der Waals surface area contributed by atoms with Crippen LogP contribution < -0.4 is 5.32 Å². The van der Waals surface area contributed by atoms with E-state index in [2.05, 4.69) is 19.2 Å². The fraction of sp³-hybridized carbons (Fsp3) is 0.864. The van der Waals surface area contributed by atoms with Crippen LogP contribution in [0.4, 0.5) is 0 Å². The van der Waals surface area contributed by atoms with Gasteiger partial charge in [0.15, 0.2) is 0 Å². The lowest BCUT2D eigenvalue weighted by molar-refractivity contribution is -0.153. The van der Waals surface area contributed by atoms with E-state index in [0.717, 1.165) is 64.2 Å². The molecule has 29 heavy (non-hydrogen) atoms. The first-order valence-electron chi connectivity index (χ1n) is 11.3. The van der Waals surface area contributed by atoms with E-state index in [0.29, 0.717) is 19.3 Å². The van der Waals surface area contributed by atoms with Crippen molar-refractivity contribution in [3.8, 4) is 0 Å². The van der Waals surface area contributed by atoms with Gasteiger partial charge in [-0.1, -0.05) is 90.9 Å². The van der Waals surface area contributed by atoms with Gasteiger partial charge in [0, 0.05) is 0 Å². The van der Waals surface area contributed by atoms with Crippen molar-refractivity contribution in [2.75, 3.05) is 0 Å². The summed E-state index contributed by atoms with van der Waals surface area (Å²) in [6, 6.07) is -2.45. The smallest absolute Gasteiger partial charge is 0.321 e. The van der Waals surface area contributed by atoms with Gasteiger partial charge in [-0.2, -0.15) is 0 Å². The predicted molar refractivity (Wildman–Crippen MR) is 113 cm³/mol. The van der Waals surface area contributed by atoms with E-state index in [9.17, 15) is 29.7 Å². The van der Waals surface area contributed by atoms with E-state index in [4.69, 9.17) is 0 Å². The maximum atomic E-state index is 11.7. The molecule has 4 N–H and O–H groups in total. The zero-order chi connectivity index (χ0) is 22.1. The quantitative estimate of drug-likeness (QED) is 0.213. The molecule has 0 rings (SSSR count). The van der Waals surface area contributed by atoms with E-state index in [1.54, 1.807) is 0 Å². The topological polar surface area (TPSA) is 124 Å². The maximum Gasteiger partial charge on any atom is 0.321 e. The molecule has 0 aromatic heterocycles. The van der Waals surface area contributed by atoms with Gasteiger partial charge in [0.1, 0.15) is 12.1 Å². The van der Waals surface area contributed by atoms with Crippen LogP contribution in [-0.2, 0) is 14.4 Å². The number of rotatable bonds is 20. The third kappa shape index (κ3) is 13.3. The van der Waals surface area contributed by atoms with E-state index < -0.39 is 35.9 Å². The Morgan fingerprint density at radius 2 is 1.07 bits per heavy atom. The minimum atomic E-state index is -1.40. The lowest BCUT2D eigenvalue weighted by atomic mass is 9.91. The summed E-state index contributed by atoms with van der Waals surface area (Å²) in [4.78, 5) is 35.0. The zero-order valence-corrected chi connectivity index (χ0v) is 18.2. The third-order valence-electron chi connectivity index (χ3n) is 5.38. The fourth-order valence-electron chi connectivity index (χ4n) is 3.56. The summed E-state index contributed by atoms with van der Waals surface area (Å²) in [6.07, 6.45) is 12.4. The molecule has 0 amide bonds. The summed E-state index contributed by atoms with van der Waals surface area (Å²) in [5.74, 6) is -4.77. The SMILES string of the molecule is CCCCCCCCC(NC(C(=O)O)C(CCCCCCCC)C(=O)O)C(=O)O. The van der Waals surface area contributed by atoms with E-state index >= 15 is 0 Å². The molecule has 0 aliphatic heterocycles. The van der Waals surface area contributed by atoms with Crippen molar-refractivity contribution in [2.45, 2.75) is 116 Å². The summed E-state index contributed by atoms with van der Waals surface area (Å²) in [7, 11) is 0. The van der Waals surface area contributed by atoms with Crippen molar-refractivity contribution in [1.82, 2.24) is 5.32 Å². The third-order valence-corrected chi connectivity index (χ3v) is 5.38. The second-order valence-electron chi connectivity index (χ2n) is 7.93. The monoisotopic (exact) mass is 415 g/mol. The van der Waals surface area contributed by atoms with Crippen LogP contribution in [0.1, 0.15) is 104 Å². The number of nitrogens with one attached hydrogen (secondary N) is 1. The molecule has 170 valence electrons. The molecule has 0 radical (unpaired) electrons. The van der Waals surface area contributed by atoms with Crippen molar-refractivity contribution < 1.29 is 29.7 Å². The van der Waals surface area contributed by atoms with Crippen LogP contribution in [0.5, 0.6) is 0 Å². The Kier molecular flexibility index (Phi) is 16.3. The molecule has 0 aliphatic rings. The average molecular weight is 416 g/mol. The number of hydrogen-bond donors (Lipinski definition) is 4. The first kappa shape index (κ1) is 27.4. The molecule has 7 nitrogen and oxygen atoms in total. The van der Waals surface area contributed by atoms with E-state index in [-0.39, 0.29) is 6.42 Å². The Labute approximate surface area is 175 Å². The summed E-state index contributed by atoms with van der Waals surface area (Å²) >= 11 is 0. The zero-order valence-electron chi connectivity index (χ0n) is 18.2. The molecular formula is C22H41NO6. The first-order chi connectivity index (χ1) is 13.8. The fourth-order valence-corrected chi connectivity index (χ4v) is 3.56. The molecule has 0 saturated carbocycles. The van der Waals surface area contributed by atoms with Gasteiger partial charge in [-0.05, 0) is 12.8 Å². The number of carboxylic acid groups (broad SMARTS) is 3. The van der Waals surface area contributed by atoms with E-state index in [1.165, 1.54) is 0 Å². The predicted octanol–water partition coefficient (Wildman–Crippen LogP) is 4.68. The van der Waals surface area contributed by atoms with Gasteiger partial charge in [0.05, 0.1) is 5.92 Å². The Morgan fingerprint density at radius 1 is 0.621 bits per heavy atom. The standard InChI is InChI=1S/C22H41NO6/c1-3-5-7-9-11-13-15-17(20(24)25)19(22(28)29)23-18(21(26)27)16-14-12-10-8-6-4-2/h17-19,23H,3-16H2,1-2H3,(H,24,25)(H,26,27)(H,28,29). The second kappa shape index (κ2) is 17.2. The number of carbonyl (C=O) groups is 3. The molecule has 0 aromatic carbocycles. The molecule has 3 unspecified atom stereocenters. The number of hydrogen-bond acceptors (Lipinski definition) is 4. The summed E-state index contributed by atoms with van der Waals surface area (Å²) in [6.45, 7) is 4.24. The highest BCUT2D eigenvalue weighted by Crippen LogP contribution is 2.18. The lowest BCUT2D eigenvalue weighted by Crippen LogP contribution is -2.52. The normalized spacial score (nSPS) is 14.3. The molecule has 0 fully saturated rings. The highest BCUT2D eigenvalue weighted by molar-refractivity contribution is 5.83. The Bertz CT molecular complexity index is 468. The van der Waals surface area contributed by atoms with Crippen LogP contribution in [-0.4, -0.2) is 45.3 Å². The first-order valence-corrected chi connectivity index (χ1v) is 11.3. The largest absolute Gasteiger partial charge is 0.481 e. The molecule has 0 heterocycles. The molecule has 7 heteroatoms. The molecule has 0 saturated heterocycles. The minimum Gasteiger partial charge on any atom is -0.481 e. The van der Waals surface area contributed by atoms with Crippen molar-refractivity contribution in [2.24, 2.45) is 5.92 Å². The summed E-state index contributed by atoms with van der Waals surface area (Å²) < 4.78 is 0. The van der Waals surface area contributed by atoms with Crippen LogP contribution in [0.2, 0.25) is 0 Å². The highest BCUT2D eigenvalue weighted by Gasteiger charge is 2.36. The lowest BCUT2D eigenvalue weighted by Gasteiger charge is -2.25.